The summed E-state index contributed by atoms with van der Waals surface area (Å²) < 4.78 is 38.9. The molecule has 380 valence electrons. The minimum Gasteiger partial charge on any atom is -0.459 e. The van der Waals surface area contributed by atoms with Crippen LogP contribution in [0.4, 0.5) is 5.69 Å². The molecule has 7 unspecified atom stereocenters. The van der Waals surface area contributed by atoms with Gasteiger partial charge < -0.3 is 48.4 Å². The van der Waals surface area contributed by atoms with E-state index in [9.17, 15) is 20.3 Å². The van der Waals surface area contributed by atoms with Crippen LogP contribution in [0.2, 0.25) is 0 Å². The lowest BCUT2D eigenvalue weighted by Gasteiger charge is -2.60. The molecule has 72 heavy (non-hydrogen) atoms. The van der Waals surface area contributed by atoms with Gasteiger partial charge in [-0.2, -0.15) is 0 Å². The predicted octanol–water partition coefficient (Wildman–Crippen LogP) is 10.7. The second-order valence-corrected chi connectivity index (χ2v) is 19.7. The van der Waals surface area contributed by atoms with Crippen LogP contribution in [0.1, 0.15) is 86.8 Å². The number of fused-ring (bicyclic) bond motifs is 3. The average molecular weight is 1000 g/mol. The normalized spacial score (nSPS) is 24.4. The van der Waals surface area contributed by atoms with Crippen LogP contribution in [0.25, 0.3) is 6.08 Å². The maximum absolute atomic E-state index is 15.4. The zero-order chi connectivity index (χ0) is 50.0. The number of hydrogen-bond donors (Lipinski definition) is 2. The lowest BCUT2D eigenvalue weighted by Crippen LogP contribution is -2.70. The Morgan fingerprint density at radius 2 is 1.71 bits per heavy atom. The molecule has 1 amide bonds. The molecule has 0 bridgehead atoms. The highest BCUT2D eigenvalue weighted by molar-refractivity contribution is 7.98. The summed E-state index contributed by atoms with van der Waals surface area (Å²) in [7, 11) is 0. The first-order valence-corrected chi connectivity index (χ1v) is 26.2. The molecular weight excluding hydrogens is 939 g/mol. The number of allylic oxidation sites excluding steroid dienone is 1. The molecule has 0 radical (unpaired) electrons. The third-order valence-electron chi connectivity index (χ3n) is 14.3. The number of amides is 1. The number of unbranched alkanes of at least 4 members (excludes halogenated alkanes) is 2. The van der Waals surface area contributed by atoms with Gasteiger partial charge >= 0.3 is 0 Å². The summed E-state index contributed by atoms with van der Waals surface area (Å²) in [5.41, 5.74) is 3.75. The summed E-state index contributed by atoms with van der Waals surface area (Å²) in [4.78, 5) is 35.7. The number of rotatable bonds is 22. The van der Waals surface area contributed by atoms with Crippen LogP contribution in [0.15, 0.2) is 125 Å². The van der Waals surface area contributed by atoms with Crippen LogP contribution in [0.5, 0.6) is 28.7 Å². The molecule has 4 aromatic rings. The van der Waals surface area contributed by atoms with Crippen molar-refractivity contribution < 1.29 is 53.2 Å². The first-order chi connectivity index (χ1) is 35.2. The molecule has 0 aromatic heterocycles. The Balaban J connectivity index is 1.24. The van der Waals surface area contributed by atoms with E-state index in [-0.39, 0.29) is 68.9 Å². The van der Waals surface area contributed by atoms with Crippen molar-refractivity contribution in [3.05, 3.63) is 142 Å². The number of nitro groups is 1. The topological polar surface area (TPSA) is 181 Å². The number of carbonyl (C=O) groups excluding carboxylic acids is 1. The molecule has 5 aliphatic rings. The van der Waals surface area contributed by atoms with Crippen LogP contribution in [0, 0.1) is 27.9 Å². The van der Waals surface area contributed by atoms with Crippen molar-refractivity contribution in [2.45, 2.75) is 99.7 Å². The number of benzene rings is 4. The molecule has 1 saturated carbocycles. The van der Waals surface area contributed by atoms with E-state index in [1.54, 1.807) is 40.9 Å². The van der Waals surface area contributed by atoms with Gasteiger partial charge in [0.1, 0.15) is 23.3 Å². The number of ether oxygens (including phenoxy) is 6. The molecule has 15 nitrogen and oxygen atoms in total. The lowest BCUT2D eigenvalue weighted by molar-refractivity contribution is -0.384. The van der Waals surface area contributed by atoms with Gasteiger partial charge in [-0.15, -0.1) is 18.3 Å². The van der Waals surface area contributed by atoms with Crippen LogP contribution < -0.4 is 18.9 Å². The molecule has 2 N–H and O–H groups in total. The Labute approximate surface area is 424 Å². The molecule has 4 aromatic carbocycles. The van der Waals surface area contributed by atoms with Crippen molar-refractivity contribution >= 4 is 35.1 Å². The number of nitrogens with zero attached hydrogens (tertiary/aromatic N) is 3. The van der Waals surface area contributed by atoms with Gasteiger partial charge in [0.2, 0.25) is 24.8 Å². The van der Waals surface area contributed by atoms with Crippen LogP contribution in [0.3, 0.4) is 0 Å². The van der Waals surface area contributed by atoms with Gasteiger partial charge in [0, 0.05) is 67.2 Å². The highest BCUT2D eigenvalue weighted by atomic mass is 32.2. The highest BCUT2D eigenvalue weighted by Crippen LogP contribution is 2.62. The summed E-state index contributed by atoms with van der Waals surface area (Å²) in [6, 6.07) is 24.6. The molecule has 9 rings (SSSR count). The van der Waals surface area contributed by atoms with E-state index in [1.165, 1.54) is 18.2 Å². The van der Waals surface area contributed by atoms with Gasteiger partial charge in [0.25, 0.3) is 5.69 Å². The lowest BCUT2D eigenvalue weighted by atomic mass is 9.55. The zero-order valence-electron chi connectivity index (χ0n) is 40.6. The zero-order valence-corrected chi connectivity index (χ0v) is 41.4. The second kappa shape index (κ2) is 23.6. The van der Waals surface area contributed by atoms with Crippen molar-refractivity contribution in [2.75, 3.05) is 39.5 Å². The monoisotopic (exact) mass is 1000 g/mol. The first kappa shape index (κ1) is 50.8. The molecule has 3 heterocycles. The predicted molar refractivity (Wildman–Crippen MR) is 273 cm³/mol. The third-order valence-corrected chi connectivity index (χ3v) is 15.1. The second-order valence-electron chi connectivity index (χ2n) is 18.8. The van der Waals surface area contributed by atoms with Crippen molar-refractivity contribution in [1.82, 2.24) is 4.90 Å². The highest BCUT2D eigenvalue weighted by Gasteiger charge is 2.65. The standard InChI is InChI=1S/C56H63N3O12S/c1-3-29-68-56-51(58(35-38-15-24-49-50(31-38)67-36-66-49)52(62)26-16-37-13-17-40(18-14-37)59(63)64)34-47(57-71-53-12-6-9-30-65-53)45-32-39(10-4-7-27-60)44(11-5-8-28-61)54(55(45)56)46-33-42(21-25-48(46)70-56)69-41-19-22-43(72-2)23-20-41/h3,13-26,31-33,39,44,51,53-55,60-61H,1,4-12,27-30,34-36H2,2H3. The molecule has 2 aliphatic carbocycles. The largest absolute Gasteiger partial charge is 0.459 e. The van der Waals surface area contributed by atoms with E-state index in [0.29, 0.717) is 65.9 Å². The van der Waals surface area contributed by atoms with Crippen molar-refractivity contribution in [3.63, 3.8) is 0 Å². The van der Waals surface area contributed by atoms with E-state index < -0.39 is 29.0 Å². The number of thioether (sulfide) groups is 1. The SMILES string of the molecule is C=CCOC12Oc3ccc(Oc4ccc(SC)cc4)cc3C3C(CCCCO)C(CCCCO)C=C(C(=NOC4CCCCO4)CC1N(Cc1ccc4c(c1)OCO4)C(=O)C=Cc1ccc([N+](=O)[O-])cc1)C32. The molecule has 7 atom stereocenters. The number of aliphatic hydroxyl groups is 2. The number of non-ortho nitro benzene ring substituents is 1. The van der Waals surface area contributed by atoms with Crippen molar-refractivity contribution in [2.24, 2.45) is 22.9 Å². The minimum absolute atomic E-state index is 0.0156. The van der Waals surface area contributed by atoms with Gasteiger partial charge in [0.15, 0.2) is 11.5 Å². The minimum atomic E-state index is -1.55. The maximum Gasteiger partial charge on any atom is 0.269 e. The van der Waals surface area contributed by atoms with Gasteiger partial charge in [-0.05, 0) is 146 Å². The fourth-order valence-corrected chi connectivity index (χ4v) is 11.4. The van der Waals surface area contributed by atoms with E-state index in [4.69, 9.17) is 38.4 Å². The van der Waals surface area contributed by atoms with Crippen LogP contribution in [-0.2, 0) is 25.7 Å². The van der Waals surface area contributed by atoms with E-state index in [0.717, 1.165) is 60.1 Å². The fourth-order valence-electron chi connectivity index (χ4n) is 11.0. The van der Waals surface area contributed by atoms with Gasteiger partial charge in [-0.3, -0.25) is 14.9 Å². The average Bonchev–Trinajstić information content (AvgIpc) is 3.88. The smallest absolute Gasteiger partial charge is 0.269 e. The summed E-state index contributed by atoms with van der Waals surface area (Å²) in [5.74, 6) is 0.265. The molecule has 1 saturated heterocycles. The Morgan fingerprint density at radius 1 is 0.944 bits per heavy atom. The van der Waals surface area contributed by atoms with E-state index in [1.807, 2.05) is 60.9 Å². The Morgan fingerprint density at radius 3 is 2.44 bits per heavy atom. The summed E-state index contributed by atoms with van der Waals surface area (Å²) in [6.07, 6.45) is 15.7. The molecule has 0 spiro atoms. The Kier molecular flexibility index (Phi) is 16.6. The summed E-state index contributed by atoms with van der Waals surface area (Å²) >= 11 is 1.66. The summed E-state index contributed by atoms with van der Waals surface area (Å²) in [5, 5.41) is 36.7. The maximum atomic E-state index is 15.4. The Hall–Kier alpha value is -6.17. The number of nitro benzene ring substituents is 1. The van der Waals surface area contributed by atoms with Gasteiger partial charge in [0.05, 0.1) is 29.8 Å². The third kappa shape index (κ3) is 11.2. The first-order valence-electron chi connectivity index (χ1n) is 25.0. The molecule has 16 heteroatoms. The van der Waals surface area contributed by atoms with Crippen molar-refractivity contribution in [3.8, 4) is 28.7 Å². The van der Waals surface area contributed by atoms with Crippen molar-refractivity contribution in [1.29, 1.82) is 0 Å². The number of aliphatic hydroxyl groups excluding tert-OH is 2. The van der Waals surface area contributed by atoms with Gasteiger partial charge in [-0.25, -0.2) is 0 Å². The quantitative estimate of drug-likeness (QED) is 0.0190. The number of carbonyl (C=O) groups is 1. The van der Waals surface area contributed by atoms with E-state index >= 15 is 4.79 Å². The fraction of sp³-hybridized carbons (Fsp3) is 0.429. The van der Waals surface area contributed by atoms with Crippen LogP contribution >= 0.6 is 11.8 Å². The number of oxime groups is 1. The molecule has 3 aliphatic heterocycles. The van der Waals surface area contributed by atoms with E-state index in [2.05, 4.69) is 18.7 Å². The summed E-state index contributed by atoms with van der Waals surface area (Å²) in [6.45, 7) is 5.02. The molecule has 2 fully saturated rings. The van der Waals surface area contributed by atoms with Crippen LogP contribution in [-0.4, -0.2) is 89.3 Å². The number of hydrogen-bond acceptors (Lipinski definition) is 14. The molecular formula is C56H63N3O12S. The Bertz CT molecular complexity index is 2630. The van der Waals surface area contributed by atoms with Gasteiger partial charge in [-0.1, -0.05) is 36.2 Å².